The van der Waals surface area contributed by atoms with Crippen molar-refractivity contribution in [2.24, 2.45) is 0 Å². The smallest absolute Gasteiger partial charge is 0.260 e. The molecular formula is C23H18N4O3. The van der Waals surface area contributed by atoms with E-state index in [0.29, 0.717) is 16.8 Å². The third-order valence-corrected chi connectivity index (χ3v) is 5.39. The van der Waals surface area contributed by atoms with Crippen molar-refractivity contribution in [3.8, 4) is 0 Å². The van der Waals surface area contributed by atoms with Crippen LogP contribution in [0.25, 0.3) is 0 Å². The molecule has 0 saturated heterocycles. The second-order valence-electron chi connectivity index (χ2n) is 7.18. The lowest BCUT2D eigenvalue weighted by Crippen LogP contribution is -2.51. The number of rotatable bonds is 4. The topological polar surface area (TPSA) is 82.6 Å². The molecule has 0 aliphatic carbocycles. The van der Waals surface area contributed by atoms with Gasteiger partial charge in [0.25, 0.3) is 11.8 Å². The third-order valence-electron chi connectivity index (χ3n) is 5.39. The fourth-order valence-corrected chi connectivity index (χ4v) is 4.04. The molecule has 1 aromatic heterocycles. The van der Waals surface area contributed by atoms with Crippen LogP contribution in [0, 0.1) is 0 Å². The molecule has 0 fully saturated rings. The number of aromatic nitrogens is 1. The van der Waals surface area contributed by atoms with Gasteiger partial charge in [-0.2, -0.15) is 0 Å². The molecule has 1 N–H and O–H groups in total. The summed E-state index contributed by atoms with van der Waals surface area (Å²) < 4.78 is 0. The van der Waals surface area contributed by atoms with Gasteiger partial charge in [0.1, 0.15) is 12.7 Å². The number of pyridine rings is 1. The van der Waals surface area contributed by atoms with Crippen LogP contribution in [0.2, 0.25) is 0 Å². The zero-order valence-corrected chi connectivity index (χ0v) is 16.0. The Balaban J connectivity index is 1.47. The fraction of sp³-hybridized carbons (Fsp3) is 0.130. The summed E-state index contributed by atoms with van der Waals surface area (Å²) in [5.74, 6) is -0.760. The number of hydrogen-bond acceptors (Lipinski definition) is 4. The van der Waals surface area contributed by atoms with Gasteiger partial charge in [-0.05, 0) is 30.3 Å². The van der Waals surface area contributed by atoms with E-state index in [1.165, 1.54) is 4.90 Å². The first-order valence-corrected chi connectivity index (χ1v) is 9.64. The number of nitrogens with one attached hydrogen (secondary N) is 1. The van der Waals surface area contributed by atoms with Gasteiger partial charge in [0.15, 0.2) is 0 Å². The number of carbonyl (C=O) groups is 3. The van der Waals surface area contributed by atoms with Gasteiger partial charge in [0, 0.05) is 17.3 Å². The Morgan fingerprint density at radius 3 is 2.43 bits per heavy atom. The van der Waals surface area contributed by atoms with Gasteiger partial charge in [0.2, 0.25) is 5.91 Å². The molecule has 2 aliphatic rings. The molecule has 1 atom stereocenters. The van der Waals surface area contributed by atoms with Crippen LogP contribution in [-0.4, -0.2) is 34.2 Å². The summed E-state index contributed by atoms with van der Waals surface area (Å²) in [6.45, 7) is 0.102. The Morgan fingerprint density at radius 2 is 1.63 bits per heavy atom. The first-order chi connectivity index (χ1) is 14.6. The molecule has 7 heteroatoms. The largest absolute Gasteiger partial charge is 0.349 e. The van der Waals surface area contributed by atoms with Gasteiger partial charge in [-0.15, -0.1) is 0 Å². The highest BCUT2D eigenvalue weighted by atomic mass is 16.2. The van der Waals surface area contributed by atoms with Gasteiger partial charge >= 0.3 is 0 Å². The summed E-state index contributed by atoms with van der Waals surface area (Å²) in [5, 5.41) is 2.81. The molecule has 0 radical (unpaired) electrons. The van der Waals surface area contributed by atoms with Crippen molar-refractivity contribution in [3.05, 3.63) is 95.3 Å². The molecule has 3 aromatic rings. The molecule has 30 heavy (non-hydrogen) atoms. The van der Waals surface area contributed by atoms with Crippen molar-refractivity contribution in [3.63, 3.8) is 0 Å². The van der Waals surface area contributed by atoms with Crippen LogP contribution < -0.4 is 10.2 Å². The molecule has 0 spiro atoms. The van der Waals surface area contributed by atoms with Crippen LogP contribution in [0.5, 0.6) is 0 Å². The number of fused-ring (bicyclic) bond motifs is 5. The van der Waals surface area contributed by atoms with Crippen LogP contribution in [0.1, 0.15) is 38.1 Å². The molecule has 7 nitrogen and oxygen atoms in total. The number of benzene rings is 2. The Morgan fingerprint density at radius 1 is 0.900 bits per heavy atom. The van der Waals surface area contributed by atoms with E-state index in [1.54, 1.807) is 53.6 Å². The molecule has 2 aliphatic heterocycles. The summed E-state index contributed by atoms with van der Waals surface area (Å²) in [4.78, 5) is 46.3. The van der Waals surface area contributed by atoms with Gasteiger partial charge in [-0.1, -0.05) is 36.4 Å². The molecule has 148 valence electrons. The summed E-state index contributed by atoms with van der Waals surface area (Å²) in [5.41, 5.74) is 2.98. The average molecular weight is 398 g/mol. The van der Waals surface area contributed by atoms with Gasteiger partial charge in [0.05, 0.1) is 23.5 Å². The van der Waals surface area contributed by atoms with E-state index in [-0.39, 0.29) is 30.8 Å². The van der Waals surface area contributed by atoms with E-state index in [4.69, 9.17) is 0 Å². The maximum atomic E-state index is 13.3. The van der Waals surface area contributed by atoms with Crippen molar-refractivity contribution in [2.75, 3.05) is 11.4 Å². The van der Waals surface area contributed by atoms with Gasteiger partial charge < -0.3 is 10.2 Å². The van der Waals surface area contributed by atoms with Crippen molar-refractivity contribution >= 4 is 23.4 Å². The lowest BCUT2D eigenvalue weighted by atomic mass is 10.0. The third kappa shape index (κ3) is 2.83. The Kier molecular flexibility index (Phi) is 4.28. The SMILES string of the molecule is O=C(CN1C(=O)c2ccccc2N2C(=O)c3ccccc3C12)NCc1ccccn1. The highest BCUT2D eigenvalue weighted by molar-refractivity contribution is 6.17. The second kappa shape index (κ2) is 7.11. The summed E-state index contributed by atoms with van der Waals surface area (Å²) in [6, 6.07) is 19.7. The van der Waals surface area contributed by atoms with Crippen molar-refractivity contribution in [1.29, 1.82) is 0 Å². The highest BCUT2D eigenvalue weighted by Crippen LogP contribution is 2.44. The van der Waals surface area contributed by atoms with E-state index < -0.39 is 6.17 Å². The lowest BCUT2D eigenvalue weighted by Gasteiger charge is -2.40. The molecule has 3 amide bonds. The summed E-state index contributed by atoms with van der Waals surface area (Å²) in [6.07, 6.45) is 1.02. The van der Waals surface area contributed by atoms with Crippen molar-refractivity contribution < 1.29 is 14.4 Å². The Hall–Kier alpha value is -4.00. The van der Waals surface area contributed by atoms with Gasteiger partial charge in [-0.3, -0.25) is 24.3 Å². The second-order valence-corrected chi connectivity index (χ2v) is 7.18. The van der Waals surface area contributed by atoms with Crippen molar-refractivity contribution in [1.82, 2.24) is 15.2 Å². The lowest BCUT2D eigenvalue weighted by molar-refractivity contribution is -0.122. The number of hydrogen-bond donors (Lipinski definition) is 1. The average Bonchev–Trinajstić information content (AvgIpc) is 3.09. The number of anilines is 1. The Labute approximate surface area is 172 Å². The number of amides is 3. The standard InChI is InChI=1S/C23H18N4O3/c28-20(25-13-15-7-5-6-12-24-15)14-26-21-16-8-1-2-9-17(16)23(30)27(21)19-11-4-3-10-18(19)22(26)29/h1-12,21H,13-14H2,(H,25,28). The maximum Gasteiger partial charge on any atom is 0.260 e. The zero-order chi connectivity index (χ0) is 20.7. The molecule has 3 heterocycles. The Bertz CT molecular complexity index is 1160. The van der Waals surface area contributed by atoms with Crippen LogP contribution in [0.15, 0.2) is 72.9 Å². The fourth-order valence-electron chi connectivity index (χ4n) is 4.04. The minimum atomic E-state index is -0.642. The van der Waals surface area contributed by atoms with E-state index >= 15 is 0 Å². The molecule has 0 bridgehead atoms. The van der Waals surface area contributed by atoms with E-state index in [1.807, 2.05) is 24.3 Å². The number of nitrogens with zero attached hydrogens (tertiary/aromatic N) is 3. The molecule has 1 unspecified atom stereocenters. The predicted octanol–water partition coefficient (Wildman–Crippen LogP) is 2.51. The van der Waals surface area contributed by atoms with E-state index in [9.17, 15) is 14.4 Å². The summed E-state index contributed by atoms with van der Waals surface area (Å²) >= 11 is 0. The first-order valence-electron chi connectivity index (χ1n) is 9.64. The number of para-hydroxylation sites is 1. The zero-order valence-electron chi connectivity index (χ0n) is 16.0. The van der Waals surface area contributed by atoms with E-state index in [0.717, 1.165) is 11.3 Å². The van der Waals surface area contributed by atoms with Crippen molar-refractivity contribution in [2.45, 2.75) is 12.7 Å². The number of carbonyl (C=O) groups excluding carboxylic acids is 3. The van der Waals surface area contributed by atoms with Crippen LogP contribution >= 0.6 is 0 Å². The quantitative estimate of drug-likeness (QED) is 0.732. The predicted molar refractivity (Wildman–Crippen MR) is 110 cm³/mol. The maximum absolute atomic E-state index is 13.3. The minimum absolute atomic E-state index is 0.164. The van der Waals surface area contributed by atoms with E-state index in [2.05, 4.69) is 10.3 Å². The summed E-state index contributed by atoms with van der Waals surface area (Å²) in [7, 11) is 0. The molecule has 2 aromatic carbocycles. The van der Waals surface area contributed by atoms with Gasteiger partial charge in [-0.25, -0.2) is 0 Å². The molecule has 5 rings (SSSR count). The first kappa shape index (κ1) is 18.1. The monoisotopic (exact) mass is 398 g/mol. The minimum Gasteiger partial charge on any atom is -0.349 e. The molecular weight excluding hydrogens is 380 g/mol. The highest BCUT2D eigenvalue weighted by Gasteiger charge is 2.47. The molecule has 0 saturated carbocycles. The van der Waals surface area contributed by atoms with Crippen LogP contribution in [0.3, 0.4) is 0 Å². The van der Waals surface area contributed by atoms with Crippen LogP contribution in [-0.2, 0) is 11.3 Å². The van der Waals surface area contributed by atoms with Crippen LogP contribution in [0.4, 0.5) is 5.69 Å². The normalized spacial score (nSPS) is 16.7.